The van der Waals surface area contributed by atoms with Crippen LogP contribution in [-0.4, -0.2) is 43.2 Å². The van der Waals surface area contributed by atoms with Crippen molar-refractivity contribution in [3.8, 4) is 0 Å². The van der Waals surface area contributed by atoms with E-state index in [-0.39, 0.29) is 11.8 Å². The summed E-state index contributed by atoms with van der Waals surface area (Å²) in [6.45, 7) is 0.747. The first-order valence-electron chi connectivity index (χ1n) is 11.4. The van der Waals surface area contributed by atoms with Gasteiger partial charge in [0.15, 0.2) is 17.4 Å². The fraction of sp³-hybridized carbons (Fsp3) is 0.333. The molecule has 4 aromatic rings. The molecule has 0 bridgehead atoms. The summed E-state index contributed by atoms with van der Waals surface area (Å²) < 4.78 is 1.80. The van der Waals surface area contributed by atoms with Gasteiger partial charge in [0.1, 0.15) is 5.52 Å². The molecular formula is C24H24ClN7O. The maximum Gasteiger partial charge on any atom is 0.246 e. The Kier molecular flexibility index (Phi) is 5.02. The molecule has 168 valence electrons. The molecule has 2 fully saturated rings. The molecule has 0 radical (unpaired) electrons. The molecule has 1 atom stereocenters. The predicted molar refractivity (Wildman–Crippen MR) is 127 cm³/mol. The zero-order valence-electron chi connectivity index (χ0n) is 18.0. The largest absolute Gasteiger partial charge is 0.329 e. The van der Waals surface area contributed by atoms with Crippen molar-refractivity contribution in [2.45, 2.75) is 44.1 Å². The molecule has 1 aliphatic heterocycles. The number of H-pyrrole nitrogens is 1. The summed E-state index contributed by atoms with van der Waals surface area (Å²) in [6.07, 6.45) is 6.41. The van der Waals surface area contributed by atoms with Crippen molar-refractivity contribution in [2.24, 2.45) is 0 Å². The molecule has 0 unspecified atom stereocenters. The number of nitrogens with zero attached hydrogens (tertiary/aromatic N) is 5. The monoisotopic (exact) mass is 461 g/mol. The lowest BCUT2D eigenvalue weighted by Gasteiger charge is -2.24. The Bertz CT molecular complexity index is 1310. The second-order valence-corrected chi connectivity index (χ2v) is 9.26. The highest BCUT2D eigenvalue weighted by molar-refractivity contribution is 6.30. The number of hydrogen-bond acceptors (Lipinski definition) is 6. The van der Waals surface area contributed by atoms with Gasteiger partial charge in [-0.25, -0.2) is 4.52 Å². The second kappa shape index (κ2) is 8.19. The molecule has 6 rings (SSSR count). The Morgan fingerprint density at radius 2 is 2.03 bits per heavy atom. The highest BCUT2D eigenvalue weighted by atomic mass is 35.5. The van der Waals surface area contributed by atoms with E-state index in [1.165, 1.54) is 12.8 Å². The van der Waals surface area contributed by atoms with Crippen LogP contribution in [0.2, 0.25) is 5.02 Å². The van der Waals surface area contributed by atoms with Gasteiger partial charge in [0, 0.05) is 41.9 Å². The Labute approximate surface area is 196 Å². The summed E-state index contributed by atoms with van der Waals surface area (Å²) in [6, 6.07) is 13.2. The molecule has 1 saturated carbocycles. The van der Waals surface area contributed by atoms with Crippen LogP contribution >= 0.6 is 11.6 Å². The molecule has 3 aromatic heterocycles. The number of nitrogens with one attached hydrogen (secondary N) is 2. The Morgan fingerprint density at radius 3 is 2.85 bits per heavy atom. The Balaban J connectivity index is 1.27. The minimum atomic E-state index is -0.242. The highest BCUT2D eigenvalue weighted by Gasteiger charge is 2.33. The van der Waals surface area contributed by atoms with Crippen molar-refractivity contribution in [1.29, 1.82) is 0 Å². The normalized spacial score (nSPS) is 18.2. The van der Waals surface area contributed by atoms with Crippen molar-refractivity contribution >= 4 is 40.5 Å². The smallest absolute Gasteiger partial charge is 0.246 e. The number of fused-ring (bicyclic) bond motifs is 1. The number of ketones is 1. The van der Waals surface area contributed by atoms with Gasteiger partial charge in [-0.1, -0.05) is 23.7 Å². The van der Waals surface area contributed by atoms with Gasteiger partial charge in [0.25, 0.3) is 0 Å². The molecule has 1 saturated heterocycles. The van der Waals surface area contributed by atoms with E-state index in [1.54, 1.807) is 4.52 Å². The lowest BCUT2D eigenvalue weighted by Crippen LogP contribution is -2.38. The number of hydrogen-bond donors (Lipinski definition) is 2. The molecule has 2 aliphatic rings. The van der Waals surface area contributed by atoms with Crippen LogP contribution in [0.4, 0.5) is 17.6 Å². The zero-order chi connectivity index (χ0) is 22.4. The van der Waals surface area contributed by atoms with Crippen molar-refractivity contribution in [1.82, 2.24) is 24.8 Å². The van der Waals surface area contributed by atoms with Gasteiger partial charge in [-0.05, 0) is 55.5 Å². The minimum absolute atomic E-state index is 0.168. The number of carbonyl (C=O) groups is 1. The third-order valence-electron chi connectivity index (χ3n) is 6.41. The highest BCUT2D eigenvalue weighted by Crippen LogP contribution is 2.39. The van der Waals surface area contributed by atoms with Gasteiger partial charge < -0.3 is 10.2 Å². The molecule has 4 heterocycles. The molecule has 1 aliphatic carbocycles. The van der Waals surface area contributed by atoms with E-state index in [0.29, 0.717) is 29.1 Å². The van der Waals surface area contributed by atoms with E-state index < -0.39 is 0 Å². The number of Topliss-reactive ketones (excluding diaryl/α,β-unsaturated/α-hetero) is 1. The lowest BCUT2D eigenvalue weighted by molar-refractivity contribution is -0.119. The van der Waals surface area contributed by atoms with Gasteiger partial charge in [-0.2, -0.15) is 10.1 Å². The Hall–Kier alpha value is -3.39. The maximum atomic E-state index is 13.2. The van der Waals surface area contributed by atoms with Crippen molar-refractivity contribution < 1.29 is 4.79 Å². The van der Waals surface area contributed by atoms with Crippen LogP contribution < -0.4 is 10.2 Å². The number of carbonyl (C=O) groups excluding carboxylic acids is 1. The van der Waals surface area contributed by atoms with Gasteiger partial charge in [0.05, 0.1) is 6.04 Å². The van der Waals surface area contributed by atoms with E-state index in [4.69, 9.17) is 21.7 Å². The molecule has 0 amide bonds. The predicted octanol–water partition coefficient (Wildman–Crippen LogP) is 4.51. The van der Waals surface area contributed by atoms with E-state index >= 15 is 0 Å². The van der Waals surface area contributed by atoms with Gasteiger partial charge in [-0.3, -0.25) is 9.89 Å². The van der Waals surface area contributed by atoms with E-state index in [0.717, 1.165) is 42.0 Å². The average molecular weight is 462 g/mol. The summed E-state index contributed by atoms with van der Waals surface area (Å²) in [5.41, 5.74) is 2.98. The van der Waals surface area contributed by atoms with E-state index in [9.17, 15) is 4.79 Å². The van der Waals surface area contributed by atoms with Crippen molar-refractivity contribution in [3.05, 3.63) is 64.9 Å². The molecule has 2 N–H and O–H groups in total. The molecule has 1 aromatic carbocycles. The van der Waals surface area contributed by atoms with Crippen LogP contribution in [0.5, 0.6) is 0 Å². The third kappa shape index (κ3) is 4.06. The number of rotatable bonds is 7. The lowest BCUT2D eigenvalue weighted by atomic mass is 10.0. The molecule has 8 nitrogen and oxygen atoms in total. The number of benzene rings is 1. The van der Waals surface area contributed by atoms with Crippen LogP contribution in [0.3, 0.4) is 0 Å². The van der Waals surface area contributed by atoms with Crippen LogP contribution in [0.1, 0.15) is 42.9 Å². The first-order chi connectivity index (χ1) is 16.1. The number of aromatic amines is 1. The zero-order valence-corrected chi connectivity index (χ0v) is 18.8. The maximum absolute atomic E-state index is 13.2. The summed E-state index contributed by atoms with van der Waals surface area (Å²) in [5, 5.41) is 16.3. The van der Waals surface area contributed by atoms with Gasteiger partial charge in [-0.15, -0.1) is 5.10 Å². The second-order valence-electron chi connectivity index (χ2n) is 8.83. The SMILES string of the molecule is O=C(Cc1ccc(Cl)cc1)[C@@H]1CCCN1c1nc(Nc2cc(C3CC3)[nH]n2)c2cccn2n1. The number of aromatic nitrogens is 5. The van der Waals surface area contributed by atoms with Crippen LogP contribution in [0, 0.1) is 0 Å². The molecule has 33 heavy (non-hydrogen) atoms. The Morgan fingerprint density at radius 1 is 1.18 bits per heavy atom. The van der Waals surface area contributed by atoms with Crippen molar-refractivity contribution in [3.63, 3.8) is 0 Å². The first kappa shape index (κ1) is 20.2. The first-order valence-corrected chi connectivity index (χ1v) is 11.7. The summed E-state index contributed by atoms with van der Waals surface area (Å²) in [7, 11) is 0. The van der Waals surface area contributed by atoms with Crippen LogP contribution in [0.15, 0.2) is 48.7 Å². The summed E-state index contributed by atoms with van der Waals surface area (Å²) in [5.74, 6) is 2.73. The van der Waals surface area contributed by atoms with E-state index in [2.05, 4.69) is 15.5 Å². The minimum Gasteiger partial charge on any atom is -0.329 e. The summed E-state index contributed by atoms with van der Waals surface area (Å²) >= 11 is 5.99. The quantitative estimate of drug-likeness (QED) is 0.421. The standard InChI is InChI=1S/C24H24ClN7O/c25-17-9-5-15(6-10-17)13-21(33)19-3-1-11-31(19)24-27-23(20-4-2-12-32(20)30-24)26-22-14-18(28-29-22)16-7-8-16/h2,4-6,9-10,12,14,16,19H,1,3,7-8,11,13H2,(H2,26,27,28,29,30)/t19-/m0/s1. The van der Waals surface area contributed by atoms with Crippen LogP contribution in [-0.2, 0) is 11.2 Å². The summed E-state index contributed by atoms with van der Waals surface area (Å²) in [4.78, 5) is 20.0. The third-order valence-corrected chi connectivity index (χ3v) is 6.67. The molecule has 9 heteroatoms. The topological polar surface area (TPSA) is 91.2 Å². The fourth-order valence-electron chi connectivity index (χ4n) is 4.52. The van der Waals surface area contributed by atoms with Crippen molar-refractivity contribution in [2.75, 3.05) is 16.8 Å². The average Bonchev–Trinajstić information content (AvgIpc) is 3.20. The van der Waals surface area contributed by atoms with Crippen LogP contribution in [0.25, 0.3) is 5.52 Å². The van der Waals surface area contributed by atoms with Gasteiger partial charge >= 0.3 is 0 Å². The number of halogens is 1. The molecular weight excluding hydrogens is 438 g/mol. The fourth-order valence-corrected chi connectivity index (χ4v) is 4.65. The van der Waals surface area contributed by atoms with Gasteiger partial charge in [0.2, 0.25) is 5.95 Å². The molecule has 0 spiro atoms. The van der Waals surface area contributed by atoms with E-state index in [1.807, 2.05) is 53.6 Å². The number of anilines is 3.